The Bertz CT molecular complexity index is 974. The molecular formula is C19H20N2O2S. The van der Waals surface area contributed by atoms with Crippen LogP contribution >= 0.6 is 0 Å². The first-order valence-corrected chi connectivity index (χ1v) is 9.65. The highest BCUT2D eigenvalue weighted by atomic mass is 32.2. The summed E-state index contributed by atoms with van der Waals surface area (Å²) in [4.78, 5) is 3.56. The van der Waals surface area contributed by atoms with E-state index in [9.17, 15) is 8.42 Å². The highest BCUT2D eigenvalue weighted by molar-refractivity contribution is 7.89. The second-order valence-corrected chi connectivity index (χ2v) is 8.30. The number of hydrogen-bond donors (Lipinski definition) is 1. The molecule has 2 aromatic carbocycles. The normalized spacial score (nSPS) is 19.1. The summed E-state index contributed by atoms with van der Waals surface area (Å²) >= 11 is 0. The fourth-order valence-corrected chi connectivity index (χ4v) is 5.17. The summed E-state index contributed by atoms with van der Waals surface area (Å²) in [5, 5.41) is 1.12. The van der Waals surface area contributed by atoms with Crippen molar-refractivity contribution >= 4 is 20.9 Å². The van der Waals surface area contributed by atoms with Gasteiger partial charge in [-0.25, -0.2) is 8.42 Å². The third-order valence-corrected chi connectivity index (χ3v) is 6.72. The maximum absolute atomic E-state index is 13.1. The van der Waals surface area contributed by atoms with Crippen LogP contribution < -0.4 is 0 Å². The quantitative estimate of drug-likeness (QED) is 0.783. The number of aryl methyl sites for hydroxylation is 1. The Morgan fingerprint density at radius 1 is 1.08 bits per heavy atom. The zero-order chi connectivity index (χ0) is 16.7. The van der Waals surface area contributed by atoms with Gasteiger partial charge in [0.1, 0.15) is 0 Å². The van der Waals surface area contributed by atoms with E-state index in [2.05, 4.69) is 11.1 Å². The van der Waals surface area contributed by atoms with E-state index in [-0.39, 0.29) is 6.04 Å². The summed E-state index contributed by atoms with van der Waals surface area (Å²) in [6.07, 6.45) is 3.66. The Balaban J connectivity index is 1.72. The minimum atomic E-state index is -3.47. The predicted molar refractivity (Wildman–Crippen MR) is 95.3 cm³/mol. The fourth-order valence-electron chi connectivity index (χ4n) is 3.49. The number of aromatic nitrogens is 1. The standard InChI is InChI=1S/C19H20N2O2S/c1-14-4-7-17(8-5-14)24(22,23)21-12-2-3-19(21)16-6-9-18-15(13-16)10-11-20-18/h4-11,13,19-20H,2-3,12H2,1H3/t19-/m1/s1. The van der Waals surface area contributed by atoms with Gasteiger partial charge in [-0.1, -0.05) is 23.8 Å². The van der Waals surface area contributed by atoms with Gasteiger partial charge in [-0.05, 0) is 61.0 Å². The van der Waals surface area contributed by atoms with Crippen molar-refractivity contribution in [1.82, 2.24) is 9.29 Å². The van der Waals surface area contributed by atoms with Crippen molar-refractivity contribution in [2.24, 2.45) is 0 Å². The Kier molecular flexibility index (Phi) is 3.70. The van der Waals surface area contributed by atoms with Gasteiger partial charge < -0.3 is 4.98 Å². The number of fused-ring (bicyclic) bond motifs is 1. The van der Waals surface area contributed by atoms with E-state index in [0.717, 1.165) is 34.9 Å². The summed E-state index contributed by atoms with van der Waals surface area (Å²) in [7, 11) is -3.47. The van der Waals surface area contributed by atoms with Crippen molar-refractivity contribution in [2.75, 3.05) is 6.54 Å². The van der Waals surface area contributed by atoms with Crippen molar-refractivity contribution in [3.8, 4) is 0 Å². The minimum absolute atomic E-state index is 0.0874. The van der Waals surface area contributed by atoms with Gasteiger partial charge in [0.25, 0.3) is 0 Å². The average Bonchev–Trinajstić information content (AvgIpc) is 3.24. The SMILES string of the molecule is Cc1ccc(S(=O)(=O)N2CCC[C@@H]2c2ccc3[nH]ccc3c2)cc1. The van der Waals surface area contributed by atoms with Crippen LogP contribution in [-0.2, 0) is 10.0 Å². The van der Waals surface area contributed by atoms with Gasteiger partial charge in [-0.3, -0.25) is 0 Å². The summed E-state index contributed by atoms with van der Waals surface area (Å²) in [5.74, 6) is 0. The van der Waals surface area contributed by atoms with E-state index < -0.39 is 10.0 Å². The van der Waals surface area contributed by atoms with Crippen LogP contribution in [0.25, 0.3) is 10.9 Å². The van der Waals surface area contributed by atoms with Crippen molar-refractivity contribution in [3.63, 3.8) is 0 Å². The molecule has 1 saturated heterocycles. The molecule has 0 aliphatic carbocycles. The number of aromatic amines is 1. The smallest absolute Gasteiger partial charge is 0.243 e. The summed E-state index contributed by atoms with van der Waals surface area (Å²) in [6.45, 7) is 2.53. The van der Waals surface area contributed by atoms with Crippen molar-refractivity contribution in [2.45, 2.75) is 30.7 Å². The Labute approximate surface area is 142 Å². The van der Waals surface area contributed by atoms with E-state index in [1.54, 1.807) is 16.4 Å². The van der Waals surface area contributed by atoms with Crippen LogP contribution in [-0.4, -0.2) is 24.3 Å². The number of hydrogen-bond acceptors (Lipinski definition) is 2. The van der Waals surface area contributed by atoms with Crippen molar-refractivity contribution < 1.29 is 8.42 Å². The second kappa shape index (κ2) is 5.76. The molecule has 2 heterocycles. The number of H-pyrrole nitrogens is 1. The third-order valence-electron chi connectivity index (χ3n) is 4.79. The van der Waals surface area contributed by atoms with Crippen LogP contribution in [0.5, 0.6) is 0 Å². The molecule has 1 aliphatic heterocycles. The van der Waals surface area contributed by atoms with Gasteiger partial charge in [0.05, 0.1) is 10.9 Å². The topological polar surface area (TPSA) is 53.2 Å². The molecule has 5 heteroatoms. The number of nitrogens with one attached hydrogen (secondary N) is 1. The second-order valence-electron chi connectivity index (χ2n) is 6.41. The molecule has 0 radical (unpaired) electrons. The molecule has 0 amide bonds. The van der Waals surface area contributed by atoms with Crippen LogP contribution in [0.4, 0.5) is 0 Å². The van der Waals surface area contributed by atoms with Gasteiger partial charge >= 0.3 is 0 Å². The molecule has 1 atom stereocenters. The van der Waals surface area contributed by atoms with E-state index in [1.807, 2.05) is 43.5 Å². The zero-order valence-electron chi connectivity index (χ0n) is 13.6. The first-order valence-electron chi connectivity index (χ1n) is 8.21. The Morgan fingerprint density at radius 3 is 2.67 bits per heavy atom. The molecule has 0 unspecified atom stereocenters. The predicted octanol–water partition coefficient (Wildman–Crippen LogP) is 4.00. The number of sulfonamides is 1. The summed E-state index contributed by atoms with van der Waals surface area (Å²) in [5.41, 5.74) is 3.20. The van der Waals surface area contributed by atoms with Gasteiger partial charge in [0.2, 0.25) is 10.0 Å². The molecule has 0 spiro atoms. The van der Waals surface area contributed by atoms with Crippen molar-refractivity contribution in [3.05, 3.63) is 65.9 Å². The van der Waals surface area contributed by atoms with E-state index in [1.165, 1.54) is 0 Å². The van der Waals surface area contributed by atoms with Crippen LogP contribution in [0, 0.1) is 6.92 Å². The number of benzene rings is 2. The molecule has 0 bridgehead atoms. The van der Waals surface area contributed by atoms with Crippen LogP contribution in [0.2, 0.25) is 0 Å². The summed E-state index contributed by atoms with van der Waals surface area (Å²) < 4.78 is 27.8. The monoisotopic (exact) mass is 340 g/mol. The Hall–Kier alpha value is -2.11. The molecule has 24 heavy (non-hydrogen) atoms. The molecule has 1 N–H and O–H groups in total. The van der Waals surface area contributed by atoms with Gasteiger partial charge in [-0.15, -0.1) is 0 Å². The largest absolute Gasteiger partial charge is 0.361 e. The number of rotatable bonds is 3. The number of nitrogens with zero attached hydrogens (tertiary/aromatic N) is 1. The molecule has 124 valence electrons. The molecule has 4 rings (SSSR count). The van der Waals surface area contributed by atoms with Crippen LogP contribution in [0.3, 0.4) is 0 Å². The van der Waals surface area contributed by atoms with Crippen molar-refractivity contribution in [1.29, 1.82) is 0 Å². The molecule has 0 saturated carbocycles. The molecule has 3 aromatic rings. The lowest BCUT2D eigenvalue weighted by Crippen LogP contribution is -2.30. The van der Waals surface area contributed by atoms with Gasteiger partial charge in [0.15, 0.2) is 0 Å². The highest BCUT2D eigenvalue weighted by Gasteiger charge is 2.36. The van der Waals surface area contributed by atoms with Gasteiger partial charge in [-0.2, -0.15) is 4.31 Å². The minimum Gasteiger partial charge on any atom is -0.361 e. The first-order chi connectivity index (χ1) is 11.6. The molecule has 1 aliphatic rings. The van der Waals surface area contributed by atoms with E-state index in [4.69, 9.17) is 0 Å². The lowest BCUT2D eigenvalue weighted by Gasteiger charge is -2.24. The fraction of sp³-hybridized carbons (Fsp3) is 0.263. The third kappa shape index (κ3) is 2.54. The molecule has 4 nitrogen and oxygen atoms in total. The Morgan fingerprint density at radius 2 is 1.88 bits per heavy atom. The van der Waals surface area contributed by atoms with Crippen LogP contribution in [0.15, 0.2) is 59.6 Å². The summed E-state index contributed by atoms with van der Waals surface area (Å²) in [6, 6.07) is 15.2. The lowest BCUT2D eigenvalue weighted by atomic mass is 10.0. The molecular weight excluding hydrogens is 320 g/mol. The first kappa shape index (κ1) is 15.4. The maximum Gasteiger partial charge on any atom is 0.243 e. The maximum atomic E-state index is 13.1. The van der Waals surface area contributed by atoms with E-state index >= 15 is 0 Å². The average molecular weight is 340 g/mol. The molecule has 1 aromatic heterocycles. The van der Waals surface area contributed by atoms with E-state index in [0.29, 0.717) is 11.4 Å². The van der Waals surface area contributed by atoms with Gasteiger partial charge in [0, 0.05) is 18.3 Å². The lowest BCUT2D eigenvalue weighted by molar-refractivity contribution is 0.397. The zero-order valence-corrected chi connectivity index (χ0v) is 14.4. The molecule has 1 fully saturated rings. The highest BCUT2D eigenvalue weighted by Crippen LogP contribution is 2.37. The van der Waals surface area contributed by atoms with Crippen LogP contribution in [0.1, 0.15) is 30.0 Å².